The smallest absolute Gasteiger partial charge is 0.302 e. The Morgan fingerprint density at radius 1 is 1.43 bits per heavy atom. The van der Waals surface area contributed by atoms with Crippen LogP contribution >= 0.6 is 0 Å². The van der Waals surface area contributed by atoms with E-state index in [4.69, 9.17) is 14.6 Å². The lowest BCUT2D eigenvalue weighted by Gasteiger charge is -2.22. The minimum absolute atomic E-state index is 0.00515. The number of carbonyl (C=O) groups excluding carboxylic acids is 1. The molecular formula is C10H14O4. The summed E-state index contributed by atoms with van der Waals surface area (Å²) in [6.07, 6.45) is 3.96. The van der Waals surface area contributed by atoms with Crippen molar-refractivity contribution < 1.29 is 19.4 Å². The maximum Gasteiger partial charge on any atom is 0.302 e. The molecule has 0 amide bonds. The molecule has 0 aromatic carbocycles. The molecule has 0 aliphatic carbocycles. The molecule has 2 heterocycles. The fraction of sp³-hybridized carbons (Fsp3) is 0.700. The molecule has 2 unspecified atom stereocenters. The third-order valence-corrected chi connectivity index (χ3v) is 2.89. The van der Waals surface area contributed by atoms with E-state index in [9.17, 15) is 4.79 Å². The number of hydrogen-bond donors (Lipinski definition) is 1. The van der Waals surface area contributed by atoms with Gasteiger partial charge in [0.15, 0.2) is 0 Å². The lowest BCUT2D eigenvalue weighted by atomic mass is 9.84. The third kappa shape index (κ3) is 1.55. The van der Waals surface area contributed by atoms with E-state index in [1.54, 1.807) is 0 Å². The number of ether oxygens (including phenoxy) is 2. The average Bonchev–Trinajstić information content (AvgIpc) is 2.72. The van der Waals surface area contributed by atoms with Crippen molar-refractivity contribution in [2.45, 2.75) is 19.1 Å². The Morgan fingerprint density at radius 3 is 2.64 bits per heavy atom. The van der Waals surface area contributed by atoms with Gasteiger partial charge in [0.2, 0.25) is 0 Å². The van der Waals surface area contributed by atoms with Gasteiger partial charge in [-0.2, -0.15) is 0 Å². The molecule has 2 rings (SSSR count). The standard InChI is InChI=1S/C10H14O4/c1-6(12)13-5-8-7(4-11)9-2-3-10(8)14-9/h2-3,7-11H,4-5H2,1H3/t7?,8?,9-,10+/m0/s1. The van der Waals surface area contributed by atoms with E-state index >= 15 is 0 Å². The van der Waals surface area contributed by atoms with E-state index in [-0.39, 0.29) is 36.6 Å². The number of aliphatic hydroxyl groups is 1. The molecule has 14 heavy (non-hydrogen) atoms. The highest BCUT2D eigenvalue weighted by Crippen LogP contribution is 2.38. The number of rotatable bonds is 3. The van der Waals surface area contributed by atoms with Crippen molar-refractivity contribution in [1.82, 2.24) is 0 Å². The Bertz CT molecular complexity index is 261. The van der Waals surface area contributed by atoms with Gasteiger partial charge in [-0.05, 0) is 0 Å². The molecule has 0 aromatic heterocycles. The van der Waals surface area contributed by atoms with Crippen molar-refractivity contribution >= 4 is 5.97 Å². The number of aliphatic hydroxyl groups excluding tert-OH is 1. The van der Waals surface area contributed by atoms with E-state index in [1.807, 2.05) is 12.2 Å². The zero-order valence-corrected chi connectivity index (χ0v) is 8.05. The zero-order valence-electron chi connectivity index (χ0n) is 8.05. The first kappa shape index (κ1) is 9.68. The summed E-state index contributed by atoms with van der Waals surface area (Å²) in [6, 6.07) is 0. The molecule has 1 fully saturated rings. The SMILES string of the molecule is CC(=O)OCC1C(CO)[C@@H]2C=C[C@H]1O2. The number of esters is 1. The fourth-order valence-corrected chi connectivity index (χ4v) is 2.14. The van der Waals surface area contributed by atoms with Gasteiger partial charge in [-0.25, -0.2) is 0 Å². The summed E-state index contributed by atoms with van der Waals surface area (Å²) in [6.45, 7) is 1.81. The Labute approximate surface area is 82.5 Å². The minimum Gasteiger partial charge on any atom is -0.465 e. The number of hydrogen-bond acceptors (Lipinski definition) is 4. The van der Waals surface area contributed by atoms with Crippen molar-refractivity contribution in [1.29, 1.82) is 0 Å². The maximum atomic E-state index is 10.7. The predicted molar refractivity (Wildman–Crippen MR) is 48.5 cm³/mol. The van der Waals surface area contributed by atoms with Crippen molar-refractivity contribution in [3.63, 3.8) is 0 Å². The van der Waals surface area contributed by atoms with Crippen molar-refractivity contribution in [3.05, 3.63) is 12.2 Å². The monoisotopic (exact) mass is 198 g/mol. The molecule has 1 N–H and O–H groups in total. The summed E-state index contributed by atoms with van der Waals surface area (Å²) < 4.78 is 10.5. The molecule has 4 atom stereocenters. The highest BCUT2D eigenvalue weighted by atomic mass is 16.5. The maximum absolute atomic E-state index is 10.7. The Morgan fingerprint density at radius 2 is 2.07 bits per heavy atom. The minimum atomic E-state index is -0.284. The second kappa shape index (κ2) is 3.71. The van der Waals surface area contributed by atoms with Gasteiger partial charge in [0.25, 0.3) is 0 Å². The zero-order chi connectivity index (χ0) is 10.1. The normalized spacial score (nSPS) is 39.0. The molecule has 2 aliphatic rings. The second-order valence-electron chi connectivity index (χ2n) is 3.76. The average molecular weight is 198 g/mol. The van der Waals surface area contributed by atoms with Crippen LogP contribution in [-0.4, -0.2) is 36.5 Å². The van der Waals surface area contributed by atoms with Crippen LogP contribution in [0.1, 0.15) is 6.92 Å². The summed E-state index contributed by atoms with van der Waals surface area (Å²) in [7, 11) is 0. The van der Waals surface area contributed by atoms with Crippen LogP contribution in [0, 0.1) is 11.8 Å². The van der Waals surface area contributed by atoms with Crippen molar-refractivity contribution in [3.8, 4) is 0 Å². The van der Waals surface area contributed by atoms with Crippen LogP contribution in [0.5, 0.6) is 0 Å². The van der Waals surface area contributed by atoms with E-state index in [0.29, 0.717) is 6.61 Å². The van der Waals surface area contributed by atoms with E-state index in [2.05, 4.69) is 0 Å². The molecular weight excluding hydrogens is 184 g/mol. The summed E-state index contributed by atoms with van der Waals surface area (Å²) >= 11 is 0. The summed E-state index contributed by atoms with van der Waals surface area (Å²) in [5.74, 6) is -0.100. The molecule has 4 heteroatoms. The molecule has 0 spiro atoms. The van der Waals surface area contributed by atoms with Gasteiger partial charge in [-0.15, -0.1) is 0 Å². The molecule has 0 saturated carbocycles. The molecule has 78 valence electrons. The lowest BCUT2D eigenvalue weighted by Crippen LogP contribution is -2.31. The molecule has 4 nitrogen and oxygen atoms in total. The highest BCUT2D eigenvalue weighted by Gasteiger charge is 2.45. The van der Waals surface area contributed by atoms with Crippen LogP contribution in [0.2, 0.25) is 0 Å². The first-order valence-electron chi connectivity index (χ1n) is 4.80. The van der Waals surface area contributed by atoms with Gasteiger partial charge in [0.05, 0.1) is 18.8 Å². The van der Waals surface area contributed by atoms with Gasteiger partial charge >= 0.3 is 5.97 Å². The van der Waals surface area contributed by atoms with Crippen LogP contribution in [0.15, 0.2) is 12.2 Å². The van der Waals surface area contributed by atoms with Gasteiger partial charge in [0.1, 0.15) is 0 Å². The molecule has 2 bridgehead atoms. The van der Waals surface area contributed by atoms with Crippen LogP contribution in [0.3, 0.4) is 0 Å². The molecule has 0 aromatic rings. The van der Waals surface area contributed by atoms with Crippen LogP contribution in [0.4, 0.5) is 0 Å². The first-order valence-corrected chi connectivity index (χ1v) is 4.80. The third-order valence-electron chi connectivity index (χ3n) is 2.89. The quantitative estimate of drug-likeness (QED) is 0.516. The van der Waals surface area contributed by atoms with E-state index < -0.39 is 0 Å². The van der Waals surface area contributed by atoms with E-state index in [1.165, 1.54) is 6.92 Å². The van der Waals surface area contributed by atoms with E-state index in [0.717, 1.165) is 0 Å². The van der Waals surface area contributed by atoms with Gasteiger partial charge in [-0.1, -0.05) is 12.2 Å². The summed E-state index contributed by atoms with van der Waals surface area (Å²) in [5.41, 5.74) is 0. The summed E-state index contributed by atoms with van der Waals surface area (Å²) in [5, 5.41) is 9.17. The Kier molecular flexibility index (Phi) is 2.56. The topological polar surface area (TPSA) is 55.8 Å². The molecule has 2 aliphatic heterocycles. The van der Waals surface area contributed by atoms with Crippen LogP contribution < -0.4 is 0 Å². The van der Waals surface area contributed by atoms with Crippen LogP contribution in [0.25, 0.3) is 0 Å². The molecule has 0 radical (unpaired) electrons. The Hall–Kier alpha value is -0.870. The fourth-order valence-electron chi connectivity index (χ4n) is 2.14. The van der Waals surface area contributed by atoms with Crippen LogP contribution in [-0.2, 0) is 14.3 Å². The van der Waals surface area contributed by atoms with Gasteiger partial charge in [0, 0.05) is 25.4 Å². The number of carbonyl (C=O) groups is 1. The van der Waals surface area contributed by atoms with Crippen molar-refractivity contribution in [2.75, 3.05) is 13.2 Å². The highest BCUT2D eigenvalue weighted by molar-refractivity contribution is 5.65. The summed E-state index contributed by atoms with van der Waals surface area (Å²) in [4.78, 5) is 10.7. The first-order chi connectivity index (χ1) is 6.72. The second-order valence-corrected chi connectivity index (χ2v) is 3.76. The molecule has 1 saturated heterocycles. The predicted octanol–water partition coefficient (Wildman–Crippen LogP) is 0.111. The largest absolute Gasteiger partial charge is 0.465 e. The Balaban J connectivity index is 1.97. The lowest BCUT2D eigenvalue weighted by molar-refractivity contribution is -0.143. The van der Waals surface area contributed by atoms with Crippen molar-refractivity contribution in [2.24, 2.45) is 11.8 Å². The van der Waals surface area contributed by atoms with Gasteiger partial charge < -0.3 is 14.6 Å². The number of fused-ring (bicyclic) bond motifs is 2. The van der Waals surface area contributed by atoms with Gasteiger partial charge in [-0.3, -0.25) is 4.79 Å².